The van der Waals surface area contributed by atoms with Crippen molar-refractivity contribution >= 4 is 34.8 Å². The lowest BCUT2D eigenvalue weighted by Crippen LogP contribution is -2.30. The Labute approximate surface area is 456 Å². The average molecular weight is 1040 g/mol. The normalized spacial score (nSPS) is 16.6. The van der Waals surface area contributed by atoms with Crippen molar-refractivity contribution in [3.8, 4) is 34.1 Å². The largest absolute Gasteiger partial charge is 0.457 e. The highest BCUT2D eigenvalue weighted by molar-refractivity contribution is 5.93. The van der Waals surface area contributed by atoms with Crippen molar-refractivity contribution in [2.75, 3.05) is 4.90 Å². The lowest BCUT2D eigenvalue weighted by atomic mass is 9.66. The summed E-state index contributed by atoms with van der Waals surface area (Å²) in [5.41, 5.74) is 12.7. The van der Waals surface area contributed by atoms with Gasteiger partial charge in [0.2, 0.25) is 0 Å². The Morgan fingerprint density at radius 1 is 0.392 bits per heavy atom. The van der Waals surface area contributed by atoms with Crippen molar-refractivity contribution in [3.05, 3.63) is 334 Å². The zero-order chi connectivity index (χ0) is 53.8. The number of fused-ring (bicyclic) bond motifs is 5. The molecule has 0 aromatic heterocycles. The van der Waals surface area contributed by atoms with Crippen molar-refractivity contribution in [2.45, 2.75) is 23.7 Å². The second-order valence-electron chi connectivity index (χ2n) is 20.1. The molecule has 382 valence electrons. The molecule has 0 amide bonds. The van der Waals surface area contributed by atoms with Crippen LogP contribution in [-0.4, -0.2) is 0 Å². The summed E-state index contributed by atoms with van der Waals surface area (Å²) in [4.78, 5) is 2.20. The highest BCUT2D eigenvalue weighted by atomic mass is 19.2. The number of halogens is 4. The van der Waals surface area contributed by atoms with E-state index in [-0.39, 0.29) is 0 Å². The second kappa shape index (κ2) is 19.7. The maximum Gasteiger partial charge on any atom is 0.159 e. The molecule has 0 saturated carbocycles. The summed E-state index contributed by atoms with van der Waals surface area (Å²) in [7, 11) is 0. The van der Waals surface area contributed by atoms with Gasteiger partial charge in [0, 0.05) is 17.1 Å². The van der Waals surface area contributed by atoms with E-state index in [9.17, 15) is 0 Å². The Kier molecular flexibility index (Phi) is 12.2. The molecule has 7 heteroatoms. The van der Waals surface area contributed by atoms with E-state index < -0.39 is 34.1 Å². The van der Waals surface area contributed by atoms with Gasteiger partial charge in [-0.1, -0.05) is 153 Å². The van der Waals surface area contributed by atoms with Gasteiger partial charge in [-0.25, -0.2) is 17.6 Å². The average Bonchev–Trinajstić information content (AvgIpc) is 2.70. The Morgan fingerprint density at radius 3 is 1.39 bits per heavy atom. The molecule has 3 aliphatic rings. The molecule has 0 N–H and O–H groups in total. The zero-order valence-electron chi connectivity index (χ0n) is 42.8. The third-order valence-electron chi connectivity index (χ3n) is 15.8. The molecule has 13 rings (SSSR count). The van der Waals surface area contributed by atoms with Crippen LogP contribution >= 0.6 is 0 Å². The molecule has 2 atom stereocenters. The maximum atomic E-state index is 15.9. The summed E-state index contributed by atoms with van der Waals surface area (Å²) in [5.74, 6) is -1.23. The number of para-hydroxylation sites is 1. The molecule has 0 radical (unpaired) electrons. The second-order valence-corrected chi connectivity index (χ2v) is 20.1. The molecule has 0 aliphatic heterocycles. The molecule has 0 spiro atoms. The number of hydrogen-bond donors (Lipinski definition) is 0. The van der Waals surface area contributed by atoms with E-state index in [1.807, 2.05) is 127 Å². The van der Waals surface area contributed by atoms with Gasteiger partial charge in [0.05, 0.1) is 10.8 Å². The monoisotopic (exact) mass is 1040 g/mol. The van der Waals surface area contributed by atoms with Gasteiger partial charge < -0.3 is 14.4 Å². The molecule has 0 saturated heterocycles. The van der Waals surface area contributed by atoms with Crippen LogP contribution in [0.15, 0.2) is 255 Å². The maximum absolute atomic E-state index is 15.9. The fourth-order valence-electron chi connectivity index (χ4n) is 12.3. The predicted molar refractivity (Wildman–Crippen MR) is 310 cm³/mol. The quantitative estimate of drug-likeness (QED) is 0.107. The van der Waals surface area contributed by atoms with Crippen molar-refractivity contribution in [1.29, 1.82) is 0 Å². The van der Waals surface area contributed by atoms with Crippen molar-refractivity contribution in [3.63, 3.8) is 0 Å². The number of rotatable bonds is 13. The first-order chi connectivity index (χ1) is 38.7. The molecule has 10 aromatic carbocycles. The predicted octanol–water partition coefficient (Wildman–Crippen LogP) is 19.4. The van der Waals surface area contributed by atoms with Crippen LogP contribution in [0, 0.1) is 23.3 Å². The van der Waals surface area contributed by atoms with Crippen molar-refractivity contribution in [1.82, 2.24) is 0 Å². The van der Waals surface area contributed by atoms with Gasteiger partial charge in [-0.15, -0.1) is 0 Å². The minimum absolute atomic E-state index is 0.551. The molecule has 10 aromatic rings. The summed E-state index contributed by atoms with van der Waals surface area (Å²) in [5, 5.41) is 0. The Morgan fingerprint density at radius 2 is 0.848 bits per heavy atom. The molecular weight excluding hydrogens is 987 g/mol. The lowest BCUT2D eigenvalue weighted by molar-refractivity contribution is 0.482. The molecule has 0 heterocycles. The number of anilines is 3. The van der Waals surface area contributed by atoms with Crippen LogP contribution < -0.4 is 14.4 Å². The van der Waals surface area contributed by atoms with Crippen LogP contribution in [0.25, 0.3) is 28.9 Å². The molecule has 0 fully saturated rings. The smallest absolute Gasteiger partial charge is 0.159 e. The van der Waals surface area contributed by atoms with Crippen LogP contribution in [-0.2, 0) is 10.8 Å². The standard InChI is InChI=1S/C72H49F4NO2/c1-3-46-18-30-55(31-19-46)78-57-34-22-48(23-35-57)71(50-26-40-67(73)69(75)42-50)63-16-10-8-14-59(63)61-38-28-53(44-65(61)71)77(52-12-6-5-7-13-52)54-29-39-62-60-15-9-11-17-64(60)72(66(62)45-54,51-27-41-68(74)70(76)43-51)49-24-36-58(37-25-49)79-56-32-20-47(4-2)21-33-56/h3-8,10-14,16-45H,1-2,9,15H2. The van der Waals surface area contributed by atoms with E-state index in [0.717, 1.165) is 96.7 Å². The van der Waals surface area contributed by atoms with E-state index in [1.54, 1.807) is 24.3 Å². The van der Waals surface area contributed by atoms with Gasteiger partial charge >= 0.3 is 0 Å². The van der Waals surface area contributed by atoms with E-state index in [1.165, 1.54) is 24.3 Å². The fourth-order valence-corrected chi connectivity index (χ4v) is 12.3. The van der Waals surface area contributed by atoms with E-state index in [0.29, 0.717) is 34.1 Å². The SMILES string of the molecule is C=Cc1ccc(Oc2ccc(C3(c4ccc(F)c(F)c4)C4=C(CCC=C4)c4ccc(N(c5ccccc5)c5ccc6c(c5)C(c5ccc(Oc7ccc(C=C)cc7)cc5)(c5ccc(F)c(F)c5)c5ccccc5-6)cc43)cc2)cc1. The fraction of sp³-hybridized carbons (Fsp3) is 0.0556. The van der Waals surface area contributed by atoms with Crippen LogP contribution in [0.3, 0.4) is 0 Å². The van der Waals surface area contributed by atoms with Gasteiger partial charge in [-0.3, -0.25) is 0 Å². The summed E-state index contributed by atoms with van der Waals surface area (Å²) in [6.07, 6.45) is 9.43. The van der Waals surface area contributed by atoms with Gasteiger partial charge in [0.25, 0.3) is 0 Å². The first kappa shape index (κ1) is 48.9. The van der Waals surface area contributed by atoms with Crippen LogP contribution in [0.2, 0.25) is 0 Å². The molecule has 79 heavy (non-hydrogen) atoms. The lowest BCUT2D eigenvalue weighted by Gasteiger charge is -2.36. The van der Waals surface area contributed by atoms with Gasteiger partial charge in [-0.05, 0) is 200 Å². The number of hydrogen-bond acceptors (Lipinski definition) is 3. The molecular formula is C72H49F4NO2. The molecule has 2 unspecified atom stereocenters. The third-order valence-corrected chi connectivity index (χ3v) is 15.8. The van der Waals surface area contributed by atoms with E-state index in [4.69, 9.17) is 9.47 Å². The molecule has 3 nitrogen and oxygen atoms in total. The van der Waals surface area contributed by atoms with E-state index in [2.05, 4.69) is 90.9 Å². The minimum atomic E-state index is -1.14. The van der Waals surface area contributed by atoms with Crippen LogP contribution in [0.4, 0.5) is 34.6 Å². The third kappa shape index (κ3) is 8.11. The Bertz CT molecular complexity index is 4090. The van der Waals surface area contributed by atoms with Crippen molar-refractivity contribution < 1.29 is 27.0 Å². The minimum Gasteiger partial charge on any atom is -0.457 e. The number of benzene rings is 10. The number of ether oxygens (including phenoxy) is 2. The Balaban J connectivity index is 1.00. The topological polar surface area (TPSA) is 21.7 Å². The first-order valence-corrected chi connectivity index (χ1v) is 26.2. The summed E-state index contributed by atoms with van der Waals surface area (Å²) < 4.78 is 74.8. The van der Waals surface area contributed by atoms with Crippen LogP contribution in [0.1, 0.15) is 68.5 Å². The Hall–Kier alpha value is -9.72. The summed E-state index contributed by atoms with van der Waals surface area (Å²) in [6, 6.07) is 70.5. The van der Waals surface area contributed by atoms with E-state index >= 15 is 17.6 Å². The number of allylic oxidation sites excluding steroid dienone is 4. The zero-order valence-corrected chi connectivity index (χ0v) is 42.8. The summed E-state index contributed by atoms with van der Waals surface area (Å²) in [6.45, 7) is 7.73. The molecule has 0 bridgehead atoms. The highest BCUT2D eigenvalue weighted by Gasteiger charge is 2.49. The highest BCUT2D eigenvalue weighted by Crippen LogP contribution is 2.60. The van der Waals surface area contributed by atoms with Crippen molar-refractivity contribution in [2.24, 2.45) is 0 Å². The first-order valence-electron chi connectivity index (χ1n) is 26.2. The molecule has 3 aliphatic carbocycles. The van der Waals surface area contributed by atoms with Gasteiger partial charge in [0.1, 0.15) is 23.0 Å². The summed E-state index contributed by atoms with van der Waals surface area (Å²) >= 11 is 0. The number of nitrogens with zero attached hydrogens (tertiary/aromatic N) is 1. The van der Waals surface area contributed by atoms with Crippen LogP contribution in [0.5, 0.6) is 23.0 Å². The van der Waals surface area contributed by atoms with Gasteiger partial charge in [0.15, 0.2) is 23.3 Å². The van der Waals surface area contributed by atoms with Gasteiger partial charge in [-0.2, -0.15) is 0 Å².